The van der Waals surface area contributed by atoms with Crippen LogP contribution in [0.25, 0.3) is 0 Å². The molecule has 0 N–H and O–H groups in total. The van der Waals surface area contributed by atoms with Crippen LogP contribution in [-0.2, 0) is 15.6 Å². The number of sulfone groups is 1. The molecule has 0 spiro atoms. The molecule has 0 saturated heterocycles. The minimum Gasteiger partial charge on any atom is -0.228 e. The van der Waals surface area contributed by atoms with Crippen LogP contribution in [0.15, 0.2) is 18.2 Å². The molecule has 71 valence electrons. The van der Waals surface area contributed by atoms with E-state index in [4.69, 9.17) is 0 Å². The summed E-state index contributed by atoms with van der Waals surface area (Å²) in [5.74, 6) is -2.00. The van der Waals surface area contributed by atoms with Crippen molar-refractivity contribution in [3.8, 4) is 0 Å². The van der Waals surface area contributed by atoms with Crippen LogP contribution in [0.1, 0.15) is 5.56 Å². The molecule has 1 aromatic rings. The van der Waals surface area contributed by atoms with Gasteiger partial charge < -0.3 is 0 Å². The maximum atomic E-state index is 12.8. The molecule has 0 aliphatic rings. The van der Waals surface area contributed by atoms with Gasteiger partial charge in [0.15, 0.2) is 9.84 Å². The molecule has 0 bridgehead atoms. The number of benzene rings is 1. The van der Waals surface area contributed by atoms with Gasteiger partial charge in [-0.25, -0.2) is 17.2 Å². The van der Waals surface area contributed by atoms with Crippen LogP contribution in [0.3, 0.4) is 0 Å². The molecule has 0 atom stereocenters. The normalized spacial score (nSPS) is 11.6. The summed E-state index contributed by atoms with van der Waals surface area (Å²) < 4.78 is 46.7. The summed E-state index contributed by atoms with van der Waals surface area (Å²) in [6.07, 6.45) is 2.82. The Labute approximate surface area is 75.1 Å². The van der Waals surface area contributed by atoms with Gasteiger partial charge >= 0.3 is 0 Å². The van der Waals surface area contributed by atoms with Crippen LogP contribution in [0, 0.1) is 17.9 Å². The van der Waals surface area contributed by atoms with Gasteiger partial charge in [0.05, 0.1) is 12.0 Å². The zero-order valence-electron chi connectivity index (χ0n) is 6.63. The molecular formula is C8H7F2O2S. The third-order valence-electron chi connectivity index (χ3n) is 1.38. The molecule has 1 radical (unpaired) electrons. The summed E-state index contributed by atoms with van der Waals surface area (Å²) in [5, 5.41) is 0. The first kappa shape index (κ1) is 10.1. The fraction of sp³-hybridized carbons (Fsp3) is 0.125. The van der Waals surface area contributed by atoms with Crippen LogP contribution < -0.4 is 0 Å². The first-order valence-electron chi connectivity index (χ1n) is 3.38. The van der Waals surface area contributed by atoms with Crippen LogP contribution >= 0.6 is 0 Å². The number of rotatable bonds is 2. The van der Waals surface area contributed by atoms with E-state index in [1.807, 2.05) is 0 Å². The second kappa shape index (κ2) is 3.41. The third kappa shape index (κ3) is 3.10. The van der Waals surface area contributed by atoms with E-state index < -0.39 is 27.2 Å². The van der Waals surface area contributed by atoms with E-state index in [1.165, 1.54) is 0 Å². The topological polar surface area (TPSA) is 34.1 Å². The van der Waals surface area contributed by atoms with Gasteiger partial charge in [-0.1, -0.05) is 0 Å². The Kier molecular flexibility index (Phi) is 2.66. The van der Waals surface area contributed by atoms with Gasteiger partial charge in [0.25, 0.3) is 0 Å². The van der Waals surface area contributed by atoms with E-state index in [1.54, 1.807) is 0 Å². The summed E-state index contributed by atoms with van der Waals surface area (Å²) in [4.78, 5) is 0. The molecule has 0 unspecified atom stereocenters. The summed E-state index contributed by atoms with van der Waals surface area (Å²) in [5.41, 5.74) is -0.199. The highest BCUT2D eigenvalue weighted by molar-refractivity contribution is 7.91. The fourth-order valence-electron chi connectivity index (χ4n) is 0.891. The predicted molar refractivity (Wildman–Crippen MR) is 44.3 cm³/mol. The van der Waals surface area contributed by atoms with Crippen LogP contribution in [0.2, 0.25) is 0 Å². The average Bonchev–Trinajstić information content (AvgIpc) is 1.94. The van der Waals surface area contributed by atoms with Crippen LogP contribution in [0.4, 0.5) is 8.78 Å². The van der Waals surface area contributed by atoms with Crippen LogP contribution in [0.5, 0.6) is 0 Å². The van der Waals surface area contributed by atoms with Crippen molar-refractivity contribution >= 4 is 9.84 Å². The summed E-state index contributed by atoms with van der Waals surface area (Å²) in [6.45, 7) is 0. The van der Waals surface area contributed by atoms with E-state index in [0.717, 1.165) is 18.2 Å². The first-order chi connectivity index (χ1) is 5.88. The highest BCUT2D eigenvalue weighted by atomic mass is 32.2. The Balaban J connectivity index is 3.08. The minimum atomic E-state index is -3.57. The highest BCUT2D eigenvalue weighted by Gasteiger charge is 2.10. The lowest BCUT2D eigenvalue weighted by Crippen LogP contribution is -2.01. The number of hydrogen-bond donors (Lipinski definition) is 0. The van der Waals surface area contributed by atoms with Crippen molar-refractivity contribution in [3.63, 3.8) is 0 Å². The molecule has 13 heavy (non-hydrogen) atoms. The molecule has 0 aliphatic carbocycles. The third-order valence-corrected chi connectivity index (χ3v) is 2.13. The van der Waals surface area contributed by atoms with Crippen molar-refractivity contribution in [1.82, 2.24) is 0 Å². The standard InChI is InChI=1S/C8H7F2O2S/c1-13(11,12)5-6-4-7(9)2-3-8(6)10/h2-4H,1,5H2. The highest BCUT2D eigenvalue weighted by Crippen LogP contribution is 2.12. The van der Waals surface area contributed by atoms with Crippen molar-refractivity contribution in [1.29, 1.82) is 0 Å². The van der Waals surface area contributed by atoms with E-state index >= 15 is 0 Å². The predicted octanol–water partition coefficient (Wildman–Crippen LogP) is 1.67. The van der Waals surface area contributed by atoms with Gasteiger partial charge in [-0.15, -0.1) is 0 Å². The molecule has 0 heterocycles. The summed E-state index contributed by atoms with van der Waals surface area (Å²) >= 11 is 0. The van der Waals surface area contributed by atoms with Gasteiger partial charge in [-0.3, -0.25) is 0 Å². The van der Waals surface area contributed by atoms with Gasteiger partial charge in [0.2, 0.25) is 0 Å². The molecular weight excluding hydrogens is 198 g/mol. The molecule has 1 aromatic carbocycles. The lowest BCUT2D eigenvalue weighted by molar-refractivity contribution is 0.582. The molecule has 0 aliphatic heterocycles. The maximum absolute atomic E-state index is 12.8. The second-order valence-corrected chi connectivity index (χ2v) is 4.40. The van der Waals surface area contributed by atoms with Crippen LogP contribution in [-0.4, -0.2) is 8.42 Å². The lowest BCUT2D eigenvalue weighted by atomic mass is 10.2. The molecule has 0 amide bonds. The van der Waals surface area contributed by atoms with E-state index in [2.05, 4.69) is 6.26 Å². The van der Waals surface area contributed by atoms with Crippen molar-refractivity contribution in [3.05, 3.63) is 41.7 Å². The van der Waals surface area contributed by atoms with E-state index in [-0.39, 0.29) is 5.56 Å². The molecule has 0 fully saturated rings. The zero-order valence-corrected chi connectivity index (χ0v) is 7.44. The van der Waals surface area contributed by atoms with Gasteiger partial charge in [0.1, 0.15) is 11.6 Å². The number of hydrogen-bond acceptors (Lipinski definition) is 2. The SMILES string of the molecule is [CH2]S(=O)(=O)Cc1cc(F)ccc1F. The summed E-state index contributed by atoms with van der Waals surface area (Å²) in [6, 6.07) is 2.66. The monoisotopic (exact) mass is 205 g/mol. The molecule has 0 aromatic heterocycles. The van der Waals surface area contributed by atoms with Crippen molar-refractivity contribution in [2.75, 3.05) is 0 Å². The Morgan fingerprint density at radius 2 is 1.92 bits per heavy atom. The molecule has 5 heteroatoms. The minimum absolute atomic E-state index is 0.199. The second-order valence-electron chi connectivity index (χ2n) is 2.62. The fourth-order valence-corrected chi connectivity index (χ4v) is 1.59. The Morgan fingerprint density at radius 1 is 1.31 bits per heavy atom. The first-order valence-corrected chi connectivity index (χ1v) is 5.20. The van der Waals surface area contributed by atoms with E-state index in [9.17, 15) is 17.2 Å². The zero-order chi connectivity index (χ0) is 10.1. The number of halogens is 2. The van der Waals surface area contributed by atoms with Gasteiger partial charge in [-0.05, 0) is 18.2 Å². The van der Waals surface area contributed by atoms with Crippen molar-refractivity contribution in [2.24, 2.45) is 0 Å². The maximum Gasteiger partial charge on any atom is 0.155 e. The smallest absolute Gasteiger partial charge is 0.155 e. The molecule has 1 rings (SSSR count). The Hall–Kier alpha value is -0.970. The largest absolute Gasteiger partial charge is 0.228 e. The van der Waals surface area contributed by atoms with E-state index in [0.29, 0.717) is 0 Å². The average molecular weight is 205 g/mol. The quantitative estimate of drug-likeness (QED) is 0.736. The van der Waals surface area contributed by atoms with Crippen molar-refractivity contribution in [2.45, 2.75) is 5.75 Å². The lowest BCUT2D eigenvalue weighted by Gasteiger charge is -2.00. The van der Waals surface area contributed by atoms with Crippen molar-refractivity contribution < 1.29 is 17.2 Å². The molecule has 0 saturated carbocycles. The van der Waals surface area contributed by atoms with Gasteiger partial charge in [0, 0.05) is 5.56 Å². The molecule has 2 nitrogen and oxygen atoms in total. The summed E-state index contributed by atoms with van der Waals surface area (Å²) in [7, 11) is -3.57. The Morgan fingerprint density at radius 3 is 2.46 bits per heavy atom. The Bertz CT molecular complexity index is 412. The van der Waals surface area contributed by atoms with Gasteiger partial charge in [-0.2, -0.15) is 0 Å².